The number of imide groups is 1. The number of thioether (sulfide) groups is 1. The van der Waals surface area contributed by atoms with Crippen LogP contribution in [-0.2, 0) is 28.0 Å². The first-order chi connectivity index (χ1) is 22.2. The lowest BCUT2D eigenvalue weighted by Crippen LogP contribution is -2.32. The summed E-state index contributed by atoms with van der Waals surface area (Å²) in [6.45, 7) is 1.05. The molecule has 5 aromatic carbocycles. The highest BCUT2D eigenvalue weighted by Gasteiger charge is 2.42. The Hall–Kier alpha value is -4.91. The molecular formula is C39H32N2O3S. The largest absolute Gasteiger partial charge is 0.355 e. The molecule has 0 radical (unpaired) electrons. The number of carbonyl (C=O) groups is 2. The Morgan fingerprint density at radius 1 is 0.644 bits per heavy atom. The van der Waals surface area contributed by atoms with Crippen LogP contribution in [0.1, 0.15) is 27.8 Å². The van der Waals surface area contributed by atoms with E-state index in [2.05, 4.69) is 126 Å². The lowest BCUT2D eigenvalue weighted by molar-refractivity contribution is -0.134. The Labute approximate surface area is 267 Å². The normalized spacial score (nSPS) is 15.2. The Balaban J connectivity index is 1.24. The maximum atomic E-state index is 13.1. The SMILES string of the molecule is O=C1SC(OCCn2cc(C(c3ccccc3)(c3ccccc3)c3ccccc3)c3ccccc32)C(=O)N1Cc1ccccc1. The molecule has 1 unspecified atom stereocenters. The molecule has 6 aromatic rings. The summed E-state index contributed by atoms with van der Waals surface area (Å²) in [6, 6.07) is 50.0. The smallest absolute Gasteiger partial charge is 0.291 e. The molecule has 6 heteroatoms. The molecule has 0 N–H and O–H groups in total. The third-order valence-corrected chi connectivity index (χ3v) is 9.47. The highest BCUT2D eigenvalue weighted by Crippen LogP contribution is 2.48. The number of para-hydroxylation sites is 1. The van der Waals surface area contributed by atoms with Crippen LogP contribution in [0, 0.1) is 0 Å². The quantitative estimate of drug-likeness (QED) is 0.147. The van der Waals surface area contributed by atoms with Gasteiger partial charge in [-0.3, -0.25) is 14.5 Å². The van der Waals surface area contributed by atoms with Gasteiger partial charge in [0.05, 0.1) is 18.6 Å². The van der Waals surface area contributed by atoms with Crippen LogP contribution in [0.5, 0.6) is 0 Å². The first kappa shape index (κ1) is 28.8. The van der Waals surface area contributed by atoms with Gasteiger partial charge < -0.3 is 9.30 Å². The van der Waals surface area contributed by atoms with E-state index in [0.29, 0.717) is 6.54 Å². The van der Waals surface area contributed by atoms with Gasteiger partial charge in [-0.2, -0.15) is 0 Å². The maximum Gasteiger partial charge on any atom is 0.291 e. The molecule has 7 rings (SSSR count). The lowest BCUT2D eigenvalue weighted by atomic mass is 9.65. The van der Waals surface area contributed by atoms with Crippen molar-refractivity contribution in [3.05, 3.63) is 180 Å². The number of nitrogens with zero attached hydrogens (tertiary/aromatic N) is 2. The van der Waals surface area contributed by atoms with Crippen molar-refractivity contribution in [1.82, 2.24) is 9.47 Å². The zero-order chi connectivity index (χ0) is 30.6. The highest BCUT2D eigenvalue weighted by atomic mass is 32.2. The summed E-state index contributed by atoms with van der Waals surface area (Å²) in [6.07, 6.45) is 2.23. The van der Waals surface area contributed by atoms with Crippen LogP contribution in [0.25, 0.3) is 10.9 Å². The van der Waals surface area contributed by atoms with Crippen LogP contribution in [0.2, 0.25) is 0 Å². The predicted octanol–water partition coefficient (Wildman–Crippen LogP) is 8.26. The summed E-state index contributed by atoms with van der Waals surface area (Å²) in [5, 5.41) is 0.866. The third kappa shape index (κ3) is 5.37. The molecule has 0 aliphatic carbocycles. The molecule has 222 valence electrons. The number of hydrogen-bond acceptors (Lipinski definition) is 4. The van der Waals surface area contributed by atoms with Crippen LogP contribution in [0.4, 0.5) is 4.79 Å². The number of fused-ring (bicyclic) bond motifs is 1. The van der Waals surface area contributed by atoms with Gasteiger partial charge in [-0.1, -0.05) is 140 Å². The van der Waals surface area contributed by atoms with Crippen LogP contribution in [0.3, 0.4) is 0 Å². The molecule has 1 fully saturated rings. The molecule has 0 saturated carbocycles. The molecular weight excluding hydrogens is 577 g/mol. The fourth-order valence-electron chi connectivity index (χ4n) is 6.46. The molecule has 1 aromatic heterocycles. The Bertz CT molecular complexity index is 1830. The monoisotopic (exact) mass is 608 g/mol. The van der Waals surface area contributed by atoms with Crippen LogP contribution < -0.4 is 0 Å². The molecule has 1 aliphatic rings. The first-order valence-electron chi connectivity index (χ1n) is 15.1. The van der Waals surface area contributed by atoms with Crippen LogP contribution in [-0.4, -0.2) is 32.7 Å². The second-order valence-electron chi connectivity index (χ2n) is 11.1. The van der Waals surface area contributed by atoms with Gasteiger partial charge in [-0.15, -0.1) is 0 Å². The minimum atomic E-state index is -0.848. The Kier molecular flexibility index (Phi) is 8.07. The summed E-state index contributed by atoms with van der Waals surface area (Å²) in [7, 11) is 0. The molecule has 45 heavy (non-hydrogen) atoms. The summed E-state index contributed by atoms with van der Waals surface area (Å²) in [4.78, 5) is 27.1. The molecule has 5 nitrogen and oxygen atoms in total. The average Bonchev–Trinajstić information content (AvgIpc) is 3.59. The van der Waals surface area contributed by atoms with E-state index in [-0.39, 0.29) is 24.3 Å². The third-order valence-electron chi connectivity index (χ3n) is 8.49. The van der Waals surface area contributed by atoms with Crippen molar-refractivity contribution in [2.45, 2.75) is 23.9 Å². The van der Waals surface area contributed by atoms with Gasteiger partial charge >= 0.3 is 0 Å². The lowest BCUT2D eigenvalue weighted by Gasteiger charge is -2.36. The van der Waals surface area contributed by atoms with Gasteiger partial charge in [0.25, 0.3) is 11.1 Å². The van der Waals surface area contributed by atoms with Crippen molar-refractivity contribution in [3.63, 3.8) is 0 Å². The van der Waals surface area contributed by atoms with E-state index in [4.69, 9.17) is 4.74 Å². The van der Waals surface area contributed by atoms with Crippen molar-refractivity contribution >= 4 is 33.8 Å². The fourth-order valence-corrected chi connectivity index (χ4v) is 7.31. The highest BCUT2D eigenvalue weighted by molar-refractivity contribution is 8.15. The number of benzene rings is 5. The molecule has 2 amide bonds. The van der Waals surface area contributed by atoms with Gasteiger partial charge in [0, 0.05) is 23.6 Å². The molecule has 0 spiro atoms. The Morgan fingerprint density at radius 3 is 1.73 bits per heavy atom. The van der Waals surface area contributed by atoms with Gasteiger partial charge in [0.1, 0.15) is 0 Å². The van der Waals surface area contributed by atoms with Crippen LogP contribution >= 0.6 is 11.8 Å². The predicted molar refractivity (Wildman–Crippen MR) is 180 cm³/mol. The first-order valence-corrected chi connectivity index (χ1v) is 16.0. The van der Waals surface area contributed by atoms with Crippen molar-refractivity contribution in [1.29, 1.82) is 0 Å². The van der Waals surface area contributed by atoms with Gasteiger partial charge in [0.15, 0.2) is 5.44 Å². The zero-order valence-corrected chi connectivity index (χ0v) is 25.5. The standard InChI is InChI=1S/C39H32N2O3S/c42-36-37(45-38(43)41(36)27-29-15-5-1-6-16-29)44-26-25-40-28-34(33-23-13-14-24-35(33)40)39(30-17-7-2-8-18-30,31-19-9-3-10-20-31)32-21-11-4-12-22-32/h1-24,28,37H,25-27H2. The van der Waals surface area contributed by atoms with Gasteiger partial charge in [0.2, 0.25) is 0 Å². The van der Waals surface area contributed by atoms with Crippen LogP contribution in [0.15, 0.2) is 152 Å². The van der Waals surface area contributed by atoms with Crippen molar-refractivity contribution in [3.8, 4) is 0 Å². The number of aromatic nitrogens is 1. The second kappa shape index (κ2) is 12.6. The van der Waals surface area contributed by atoms with E-state index >= 15 is 0 Å². The topological polar surface area (TPSA) is 51.5 Å². The van der Waals surface area contributed by atoms with E-state index in [1.807, 2.05) is 30.3 Å². The number of carbonyl (C=O) groups excluding carboxylic acids is 2. The minimum absolute atomic E-state index is 0.248. The zero-order valence-electron chi connectivity index (χ0n) is 24.7. The average molecular weight is 609 g/mol. The fraction of sp³-hybridized carbons (Fsp3) is 0.128. The van der Waals surface area contributed by atoms with E-state index < -0.39 is 10.9 Å². The van der Waals surface area contributed by atoms with Gasteiger partial charge in [-0.25, -0.2) is 0 Å². The molecule has 1 saturated heterocycles. The number of rotatable bonds is 10. The summed E-state index contributed by atoms with van der Waals surface area (Å²) < 4.78 is 8.30. The van der Waals surface area contributed by atoms with Crippen molar-refractivity contribution in [2.24, 2.45) is 0 Å². The van der Waals surface area contributed by atoms with E-state index in [1.165, 1.54) is 21.6 Å². The van der Waals surface area contributed by atoms with E-state index in [0.717, 1.165) is 33.8 Å². The van der Waals surface area contributed by atoms with Gasteiger partial charge in [-0.05, 0) is 45.6 Å². The number of ether oxygens (including phenoxy) is 1. The van der Waals surface area contributed by atoms with Crippen molar-refractivity contribution in [2.75, 3.05) is 6.61 Å². The molecule has 1 aliphatic heterocycles. The maximum absolute atomic E-state index is 13.1. The second-order valence-corrected chi connectivity index (χ2v) is 12.1. The summed E-state index contributed by atoms with van der Waals surface area (Å²) in [5.74, 6) is -0.303. The Morgan fingerprint density at radius 2 is 1.16 bits per heavy atom. The summed E-state index contributed by atoms with van der Waals surface area (Å²) >= 11 is 0.947. The molecule has 0 bridgehead atoms. The van der Waals surface area contributed by atoms with Crippen molar-refractivity contribution < 1.29 is 14.3 Å². The summed E-state index contributed by atoms with van der Waals surface area (Å²) in [5.41, 5.74) is 5.24. The number of hydrogen-bond donors (Lipinski definition) is 0. The molecule has 1 atom stereocenters. The van der Waals surface area contributed by atoms with E-state index in [1.54, 1.807) is 0 Å². The molecule has 2 heterocycles. The minimum Gasteiger partial charge on any atom is -0.355 e. The van der Waals surface area contributed by atoms with E-state index in [9.17, 15) is 9.59 Å². The number of amides is 2.